The Morgan fingerprint density at radius 3 is 2.57 bits per heavy atom. The molecule has 3 nitrogen and oxygen atoms in total. The van der Waals surface area contributed by atoms with Crippen molar-refractivity contribution in [2.75, 3.05) is 0 Å². The van der Waals surface area contributed by atoms with Crippen molar-refractivity contribution < 1.29 is 13.9 Å². The summed E-state index contributed by atoms with van der Waals surface area (Å²) in [5, 5.41) is 0. The Kier molecular flexibility index (Phi) is 4.43. The lowest BCUT2D eigenvalue weighted by molar-refractivity contribution is 0.112. The van der Waals surface area contributed by atoms with Gasteiger partial charge in [-0.25, -0.2) is 9.37 Å². The Hall–Kier alpha value is -3.01. The minimum absolute atomic E-state index is 0.394. The lowest BCUT2D eigenvalue weighted by atomic mass is 10.0. The summed E-state index contributed by atoms with van der Waals surface area (Å²) in [4.78, 5) is 15.3. The molecule has 0 amide bonds. The fourth-order valence-electron chi connectivity index (χ4n) is 2.24. The summed E-state index contributed by atoms with van der Waals surface area (Å²) < 4.78 is 19.0. The van der Waals surface area contributed by atoms with Crippen molar-refractivity contribution in [3.8, 4) is 17.0 Å². The second-order valence-electron chi connectivity index (χ2n) is 5.01. The average Bonchev–Trinajstić information content (AvgIpc) is 2.61. The Labute approximate surface area is 133 Å². The van der Waals surface area contributed by atoms with E-state index in [4.69, 9.17) is 4.74 Å². The third kappa shape index (κ3) is 3.61. The summed E-state index contributed by atoms with van der Waals surface area (Å²) in [6.45, 7) is 0.423. The molecular formula is C19H14FNO2. The molecule has 23 heavy (non-hydrogen) atoms. The van der Waals surface area contributed by atoms with Gasteiger partial charge in [0.05, 0.1) is 0 Å². The summed E-state index contributed by atoms with van der Waals surface area (Å²) in [6.07, 6.45) is 2.27. The van der Waals surface area contributed by atoms with Crippen LogP contribution in [0.5, 0.6) is 5.88 Å². The highest BCUT2D eigenvalue weighted by Gasteiger charge is 2.07. The van der Waals surface area contributed by atoms with Gasteiger partial charge in [-0.05, 0) is 35.4 Å². The number of carbonyl (C=O) groups excluding carboxylic acids is 1. The van der Waals surface area contributed by atoms with Crippen molar-refractivity contribution in [3.63, 3.8) is 0 Å². The molecule has 0 bridgehead atoms. The number of aldehydes is 1. The van der Waals surface area contributed by atoms with Crippen LogP contribution in [0.4, 0.5) is 4.39 Å². The molecule has 0 N–H and O–H groups in total. The molecule has 3 rings (SSSR count). The van der Waals surface area contributed by atoms with E-state index in [9.17, 15) is 9.18 Å². The van der Waals surface area contributed by atoms with Crippen LogP contribution in [0.1, 0.15) is 15.9 Å². The van der Waals surface area contributed by atoms with Crippen molar-refractivity contribution in [1.29, 1.82) is 0 Å². The van der Waals surface area contributed by atoms with Crippen LogP contribution >= 0.6 is 0 Å². The van der Waals surface area contributed by atoms with E-state index in [1.165, 1.54) is 18.2 Å². The van der Waals surface area contributed by atoms with Crippen LogP contribution in [0, 0.1) is 5.82 Å². The minimum Gasteiger partial charge on any atom is -0.473 e. The van der Waals surface area contributed by atoms with Crippen LogP contribution < -0.4 is 4.74 Å². The maximum absolute atomic E-state index is 13.4. The molecule has 0 aliphatic rings. The van der Waals surface area contributed by atoms with Gasteiger partial charge in [0.15, 0.2) is 6.29 Å². The number of halogens is 1. The van der Waals surface area contributed by atoms with Gasteiger partial charge < -0.3 is 4.74 Å². The van der Waals surface area contributed by atoms with E-state index >= 15 is 0 Å². The van der Waals surface area contributed by atoms with E-state index in [2.05, 4.69) is 4.98 Å². The fourth-order valence-corrected chi connectivity index (χ4v) is 2.24. The predicted molar refractivity (Wildman–Crippen MR) is 85.8 cm³/mol. The summed E-state index contributed by atoms with van der Waals surface area (Å²) in [5.41, 5.74) is 2.65. The van der Waals surface area contributed by atoms with E-state index < -0.39 is 5.82 Å². The predicted octanol–water partition coefficient (Wildman–Crippen LogP) is 4.28. The summed E-state index contributed by atoms with van der Waals surface area (Å²) in [6, 6.07) is 17.3. The summed E-state index contributed by atoms with van der Waals surface area (Å²) >= 11 is 0. The smallest absolute Gasteiger partial charge is 0.213 e. The van der Waals surface area contributed by atoms with Crippen LogP contribution in [0.3, 0.4) is 0 Å². The van der Waals surface area contributed by atoms with Crippen molar-refractivity contribution in [2.24, 2.45) is 0 Å². The van der Waals surface area contributed by atoms with Gasteiger partial charge in [0.1, 0.15) is 12.4 Å². The Morgan fingerprint density at radius 2 is 1.87 bits per heavy atom. The number of nitrogens with zero attached hydrogens (tertiary/aromatic N) is 1. The van der Waals surface area contributed by atoms with Crippen LogP contribution in [0.2, 0.25) is 0 Å². The normalized spacial score (nSPS) is 10.3. The Morgan fingerprint density at radius 1 is 1.04 bits per heavy atom. The van der Waals surface area contributed by atoms with E-state index in [0.717, 1.165) is 5.56 Å². The van der Waals surface area contributed by atoms with E-state index in [0.29, 0.717) is 35.5 Å². The molecule has 0 aliphatic heterocycles. The molecule has 0 radical (unpaired) electrons. The number of pyridine rings is 1. The molecule has 0 spiro atoms. The van der Waals surface area contributed by atoms with Crippen molar-refractivity contribution >= 4 is 6.29 Å². The van der Waals surface area contributed by atoms with E-state index in [1.807, 2.05) is 30.3 Å². The number of rotatable bonds is 5. The first kappa shape index (κ1) is 14.9. The molecule has 1 aromatic heterocycles. The van der Waals surface area contributed by atoms with Crippen LogP contribution in [-0.2, 0) is 6.61 Å². The van der Waals surface area contributed by atoms with E-state index in [-0.39, 0.29) is 0 Å². The summed E-state index contributed by atoms with van der Waals surface area (Å²) in [5.74, 6) is 0.0802. The highest BCUT2D eigenvalue weighted by Crippen LogP contribution is 2.24. The van der Waals surface area contributed by atoms with E-state index in [1.54, 1.807) is 18.3 Å². The molecule has 0 unspecified atom stereocenters. The van der Waals surface area contributed by atoms with Gasteiger partial charge in [-0.1, -0.05) is 30.3 Å². The number of hydrogen-bond donors (Lipinski definition) is 0. The number of aromatic nitrogens is 1. The molecule has 114 valence electrons. The maximum atomic E-state index is 13.4. The standard InChI is InChI=1S/C19H14FNO2/c20-17-8-6-16(12-22)18(10-17)15-7-9-19(21-11-15)23-13-14-4-2-1-3-5-14/h1-12H,13H2. The average molecular weight is 307 g/mol. The molecule has 0 saturated carbocycles. The zero-order chi connectivity index (χ0) is 16.1. The third-order valence-electron chi connectivity index (χ3n) is 3.42. The fraction of sp³-hybridized carbons (Fsp3) is 0.0526. The molecule has 1 heterocycles. The highest BCUT2D eigenvalue weighted by atomic mass is 19.1. The molecule has 0 aliphatic carbocycles. The first-order valence-electron chi connectivity index (χ1n) is 7.14. The molecule has 0 atom stereocenters. The van der Waals surface area contributed by atoms with Gasteiger partial charge in [-0.2, -0.15) is 0 Å². The van der Waals surface area contributed by atoms with Gasteiger partial charge in [-0.15, -0.1) is 0 Å². The van der Waals surface area contributed by atoms with Crippen LogP contribution in [0.25, 0.3) is 11.1 Å². The zero-order valence-electron chi connectivity index (χ0n) is 12.3. The number of hydrogen-bond acceptors (Lipinski definition) is 3. The Bertz CT molecular complexity index is 801. The number of carbonyl (C=O) groups is 1. The first-order valence-corrected chi connectivity index (χ1v) is 7.14. The molecule has 0 saturated heterocycles. The maximum Gasteiger partial charge on any atom is 0.213 e. The molecule has 2 aromatic carbocycles. The van der Waals surface area contributed by atoms with Gasteiger partial charge >= 0.3 is 0 Å². The Balaban J connectivity index is 1.77. The van der Waals surface area contributed by atoms with Crippen molar-refractivity contribution in [1.82, 2.24) is 4.98 Å². The lowest BCUT2D eigenvalue weighted by Crippen LogP contribution is -1.97. The second-order valence-corrected chi connectivity index (χ2v) is 5.01. The van der Waals surface area contributed by atoms with Gasteiger partial charge in [0.2, 0.25) is 5.88 Å². The topological polar surface area (TPSA) is 39.2 Å². The second kappa shape index (κ2) is 6.83. The highest BCUT2D eigenvalue weighted by molar-refractivity contribution is 5.87. The molecule has 3 aromatic rings. The minimum atomic E-state index is -0.394. The molecule has 4 heteroatoms. The van der Waals surface area contributed by atoms with Gasteiger partial charge in [-0.3, -0.25) is 4.79 Å². The summed E-state index contributed by atoms with van der Waals surface area (Å²) in [7, 11) is 0. The lowest BCUT2D eigenvalue weighted by Gasteiger charge is -2.08. The zero-order valence-corrected chi connectivity index (χ0v) is 12.3. The number of benzene rings is 2. The number of ether oxygens (including phenoxy) is 1. The first-order chi connectivity index (χ1) is 11.3. The SMILES string of the molecule is O=Cc1ccc(F)cc1-c1ccc(OCc2ccccc2)nc1. The largest absolute Gasteiger partial charge is 0.473 e. The quantitative estimate of drug-likeness (QED) is 0.660. The van der Waals surface area contributed by atoms with Gasteiger partial charge in [0.25, 0.3) is 0 Å². The van der Waals surface area contributed by atoms with Crippen LogP contribution in [-0.4, -0.2) is 11.3 Å². The van der Waals surface area contributed by atoms with Crippen LogP contribution in [0.15, 0.2) is 66.9 Å². The van der Waals surface area contributed by atoms with Crippen molar-refractivity contribution in [2.45, 2.75) is 6.61 Å². The van der Waals surface area contributed by atoms with Crippen molar-refractivity contribution in [3.05, 3.63) is 83.8 Å². The molecular weight excluding hydrogens is 293 g/mol. The monoisotopic (exact) mass is 307 g/mol. The molecule has 0 fully saturated rings. The van der Waals surface area contributed by atoms with Gasteiger partial charge in [0, 0.05) is 23.4 Å². The third-order valence-corrected chi connectivity index (χ3v) is 3.42.